The fraction of sp³-hybridized carbons (Fsp3) is 0.462. The first-order chi connectivity index (χ1) is 8.88. The minimum atomic E-state index is -0.976. The van der Waals surface area contributed by atoms with Crippen LogP contribution in [0.5, 0.6) is 11.5 Å². The third-order valence-electron chi connectivity index (χ3n) is 3.12. The van der Waals surface area contributed by atoms with E-state index in [2.05, 4.69) is 0 Å². The van der Waals surface area contributed by atoms with E-state index in [-0.39, 0.29) is 18.1 Å². The average Bonchev–Trinajstić information content (AvgIpc) is 2.28. The highest BCUT2D eigenvalue weighted by atomic mass is 16.5. The van der Waals surface area contributed by atoms with Crippen molar-refractivity contribution in [1.82, 2.24) is 4.90 Å². The molecule has 1 aromatic rings. The number of phenolic OH excluding ortho intramolecular Hbond substituents is 2. The minimum Gasteiger partial charge on any atom is -0.508 e. The Morgan fingerprint density at radius 3 is 2.68 bits per heavy atom. The molecule has 6 nitrogen and oxygen atoms in total. The number of likely N-dealkylation sites (tertiary alicyclic amines) is 1. The molecule has 1 aromatic carbocycles. The molecule has 0 bridgehead atoms. The highest BCUT2D eigenvalue weighted by molar-refractivity contribution is 5.68. The van der Waals surface area contributed by atoms with Crippen LogP contribution in [0.1, 0.15) is 12.5 Å². The Kier molecular flexibility index (Phi) is 3.64. The van der Waals surface area contributed by atoms with Crippen LogP contribution in [0, 0.1) is 0 Å². The van der Waals surface area contributed by atoms with Crippen LogP contribution in [-0.4, -0.2) is 51.5 Å². The molecule has 104 valence electrons. The number of carbonyl (C=O) groups is 1. The maximum absolute atomic E-state index is 10.4. The van der Waals surface area contributed by atoms with E-state index in [9.17, 15) is 15.0 Å². The largest absolute Gasteiger partial charge is 0.508 e. The van der Waals surface area contributed by atoms with Gasteiger partial charge in [0.2, 0.25) is 0 Å². The number of phenols is 2. The number of ether oxygens (including phenoxy) is 1. The van der Waals surface area contributed by atoms with Crippen LogP contribution in [0.3, 0.4) is 0 Å². The topological polar surface area (TPSA) is 90.2 Å². The van der Waals surface area contributed by atoms with Gasteiger partial charge in [-0.3, -0.25) is 4.90 Å². The summed E-state index contributed by atoms with van der Waals surface area (Å²) in [6.45, 7) is 3.33. The van der Waals surface area contributed by atoms with Crippen LogP contribution >= 0.6 is 0 Å². The van der Waals surface area contributed by atoms with Crippen molar-refractivity contribution < 1.29 is 24.9 Å². The van der Waals surface area contributed by atoms with E-state index >= 15 is 0 Å². The fourth-order valence-corrected chi connectivity index (χ4v) is 2.27. The van der Waals surface area contributed by atoms with Crippen LogP contribution in [0.2, 0.25) is 0 Å². The number of hydrogen-bond donors (Lipinski definition) is 3. The first-order valence-electron chi connectivity index (χ1n) is 5.97. The third-order valence-corrected chi connectivity index (χ3v) is 3.12. The van der Waals surface area contributed by atoms with Gasteiger partial charge in [0.15, 0.2) is 0 Å². The Bertz CT molecular complexity index is 482. The molecule has 0 radical (unpaired) electrons. The highest BCUT2D eigenvalue weighted by Crippen LogP contribution is 2.29. The van der Waals surface area contributed by atoms with Gasteiger partial charge in [-0.2, -0.15) is 0 Å². The molecule has 1 fully saturated rings. The zero-order chi connectivity index (χ0) is 14.0. The number of aromatic hydroxyl groups is 2. The van der Waals surface area contributed by atoms with E-state index in [1.165, 1.54) is 12.1 Å². The lowest BCUT2D eigenvalue weighted by molar-refractivity contribution is -0.165. The zero-order valence-corrected chi connectivity index (χ0v) is 10.7. The van der Waals surface area contributed by atoms with E-state index in [4.69, 9.17) is 9.84 Å². The molecule has 0 aliphatic carbocycles. The van der Waals surface area contributed by atoms with Crippen molar-refractivity contribution in [3.05, 3.63) is 23.8 Å². The number of aliphatic carboxylic acids is 1. The number of carboxylic acid groups (broad SMARTS) is 1. The lowest BCUT2D eigenvalue weighted by Crippen LogP contribution is -2.61. The van der Waals surface area contributed by atoms with Gasteiger partial charge in [0.25, 0.3) is 0 Å². The summed E-state index contributed by atoms with van der Waals surface area (Å²) in [6, 6.07) is 4.49. The van der Waals surface area contributed by atoms with Gasteiger partial charge in [-0.05, 0) is 13.0 Å². The van der Waals surface area contributed by atoms with Gasteiger partial charge < -0.3 is 20.1 Å². The molecule has 0 amide bonds. The second-order valence-corrected chi connectivity index (χ2v) is 5.09. The molecule has 19 heavy (non-hydrogen) atoms. The SMILES string of the molecule is CC1(OCC(=O)O)CN(Cc2ccc(O)cc2O)C1. The minimum absolute atomic E-state index is 0.0273. The van der Waals surface area contributed by atoms with E-state index in [0.717, 1.165) is 5.56 Å². The third kappa shape index (κ3) is 3.36. The number of rotatable bonds is 5. The van der Waals surface area contributed by atoms with Crippen LogP contribution in [-0.2, 0) is 16.1 Å². The van der Waals surface area contributed by atoms with Gasteiger partial charge in [-0.1, -0.05) is 6.07 Å². The lowest BCUT2D eigenvalue weighted by atomic mass is 9.95. The van der Waals surface area contributed by atoms with Crippen molar-refractivity contribution in [3.63, 3.8) is 0 Å². The van der Waals surface area contributed by atoms with E-state index in [1.807, 2.05) is 11.8 Å². The Hall–Kier alpha value is -1.79. The first-order valence-corrected chi connectivity index (χ1v) is 5.97. The summed E-state index contributed by atoms with van der Waals surface area (Å²) in [7, 11) is 0. The quantitative estimate of drug-likeness (QED) is 0.730. The van der Waals surface area contributed by atoms with Crippen molar-refractivity contribution >= 4 is 5.97 Å². The predicted octanol–water partition coefficient (Wildman–Crippen LogP) is 0.773. The monoisotopic (exact) mass is 267 g/mol. The van der Waals surface area contributed by atoms with Crippen molar-refractivity contribution in [3.8, 4) is 11.5 Å². The summed E-state index contributed by atoms with van der Waals surface area (Å²) < 4.78 is 5.30. The van der Waals surface area contributed by atoms with Crippen molar-refractivity contribution in [2.75, 3.05) is 19.7 Å². The Balaban J connectivity index is 1.85. The number of nitrogens with zero attached hydrogens (tertiary/aromatic N) is 1. The standard InChI is InChI=1S/C13H17NO5/c1-13(19-6-12(17)18)7-14(8-13)5-9-2-3-10(15)4-11(9)16/h2-4,15-16H,5-8H2,1H3,(H,17,18). The summed E-state index contributed by atoms with van der Waals surface area (Å²) in [5.41, 5.74) is 0.281. The maximum Gasteiger partial charge on any atom is 0.329 e. The van der Waals surface area contributed by atoms with Gasteiger partial charge in [0.05, 0.1) is 5.60 Å². The van der Waals surface area contributed by atoms with Gasteiger partial charge >= 0.3 is 5.97 Å². The summed E-state index contributed by atoms with van der Waals surface area (Å²) in [6.07, 6.45) is 0. The molecule has 6 heteroatoms. The maximum atomic E-state index is 10.4. The van der Waals surface area contributed by atoms with Gasteiger partial charge in [-0.15, -0.1) is 0 Å². The number of benzene rings is 1. The van der Waals surface area contributed by atoms with Crippen LogP contribution in [0.25, 0.3) is 0 Å². The molecule has 2 rings (SSSR count). The molecule has 1 heterocycles. The smallest absolute Gasteiger partial charge is 0.329 e. The van der Waals surface area contributed by atoms with E-state index < -0.39 is 11.6 Å². The molecule has 0 unspecified atom stereocenters. The summed E-state index contributed by atoms with van der Waals surface area (Å²) in [4.78, 5) is 12.5. The molecular formula is C13H17NO5. The second kappa shape index (κ2) is 5.07. The normalized spacial score (nSPS) is 17.9. The van der Waals surface area contributed by atoms with Crippen molar-refractivity contribution in [2.24, 2.45) is 0 Å². The Morgan fingerprint density at radius 2 is 2.11 bits per heavy atom. The number of carboxylic acids is 1. The van der Waals surface area contributed by atoms with E-state index in [1.54, 1.807) is 6.07 Å². The number of hydrogen-bond acceptors (Lipinski definition) is 5. The molecule has 1 aliphatic heterocycles. The molecule has 1 saturated heterocycles. The van der Waals surface area contributed by atoms with Crippen molar-refractivity contribution in [1.29, 1.82) is 0 Å². The van der Waals surface area contributed by atoms with Crippen molar-refractivity contribution in [2.45, 2.75) is 19.1 Å². The average molecular weight is 267 g/mol. The summed E-state index contributed by atoms with van der Waals surface area (Å²) in [5, 5.41) is 27.4. The first kappa shape index (κ1) is 13.6. The summed E-state index contributed by atoms with van der Waals surface area (Å²) in [5.74, 6) is -0.893. The van der Waals surface area contributed by atoms with E-state index in [0.29, 0.717) is 19.6 Å². The molecule has 0 spiro atoms. The Labute approximate surface area is 110 Å². The van der Waals surface area contributed by atoms with Gasteiger partial charge in [-0.25, -0.2) is 4.79 Å². The van der Waals surface area contributed by atoms with Gasteiger partial charge in [0.1, 0.15) is 18.1 Å². The molecule has 3 N–H and O–H groups in total. The molecule has 0 saturated carbocycles. The summed E-state index contributed by atoms with van der Waals surface area (Å²) >= 11 is 0. The highest BCUT2D eigenvalue weighted by Gasteiger charge is 2.40. The molecule has 0 aromatic heterocycles. The second-order valence-electron chi connectivity index (χ2n) is 5.09. The van der Waals surface area contributed by atoms with Crippen LogP contribution in [0.4, 0.5) is 0 Å². The van der Waals surface area contributed by atoms with Gasteiger partial charge in [0, 0.05) is 31.3 Å². The Morgan fingerprint density at radius 1 is 1.42 bits per heavy atom. The van der Waals surface area contributed by atoms with Crippen LogP contribution in [0.15, 0.2) is 18.2 Å². The lowest BCUT2D eigenvalue weighted by Gasteiger charge is -2.47. The molecule has 1 aliphatic rings. The molecule has 0 atom stereocenters. The predicted molar refractivity (Wildman–Crippen MR) is 67.0 cm³/mol. The molecular weight excluding hydrogens is 250 g/mol. The fourth-order valence-electron chi connectivity index (χ4n) is 2.27. The zero-order valence-electron chi connectivity index (χ0n) is 10.7. The van der Waals surface area contributed by atoms with Crippen LogP contribution < -0.4 is 0 Å².